The molecular formula is C10H17N3O2. The minimum Gasteiger partial charge on any atom is -0.382 e. The quantitative estimate of drug-likeness (QED) is 0.796. The van der Waals surface area contributed by atoms with Crippen LogP contribution in [-0.4, -0.2) is 22.0 Å². The van der Waals surface area contributed by atoms with Gasteiger partial charge in [-0.1, -0.05) is 0 Å². The monoisotopic (exact) mass is 211 g/mol. The van der Waals surface area contributed by atoms with Gasteiger partial charge in [-0.2, -0.15) is 5.10 Å². The lowest BCUT2D eigenvalue weighted by molar-refractivity contribution is -0.00830. The number of rotatable bonds is 3. The zero-order valence-corrected chi connectivity index (χ0v) is 9.36. The van der Waals surface area contributed by atoms with Crippen LogP contribution in [0.3, 0.4) is 0 Å². The van der Waals surface area contributed by atoms with Gasteiger partial charge in [0, 0.05) is 6.07 Å². The molecule has 5 heteroatoms. The number of aromatic nitrogens is 2. The normalized spacial score (nSPS) is 11.7. The molecule has 0 bridgehead atoms. The van der Waals surface area contributed by atoms with E-state index in [0.717, 1.165) is 0 Å². The highest BCUT2D eigenvalue weighted by atomic mass is 16.5. The van der Waals surface area contributed by atoms with Crippen LogP contribution >= 0.6 is 0 Å². The Labute approximate surface area is 88.9 Å². The molecule has 0 aliphatic heterocycles. The number of nitrogen functional groups attached to an aromatic ring is 1. The lowest BCUT2D eigenvalue weighted by atomic mass is 10.2. The van der Waals surface area contributed by atoms with Crippen LogP contribution in [0, 0.1) is 0 Å². The van der Waals surface area contributed by atoms with Gasteiger partial charge >= 0.3 is 0 Å². The topological polar surface area (TPSA) is 70.1 Å². The van der Waals surface area contributed by atoms with E-state index in [1.54, 1.807) is 0 Å². The molecule has 0 unspecified atom stereocenters. The van der Waals surface area contributed by atoms with Crippen molar-refractivity contribution in [3.8, 4) is 0 Å². The van der Waals surface area contributed by atoms with Gasteiger partial charge in [-0.3, -0.25) is 4.79 Å². The molecule has 84 valence electrons. The SMILES string of the molecule is CC(C)(C)OCCn1nc(N)ccc1=O. The van der Waals surface area contributed by atoms with Crippen molar-refractivity contribution in [3.63, 3.8) is 0 Å². The van der Waals surface area contributed by atoms with Gasteiger partial charge in [0.25, 0.3) is 5.56 Å². The average molecular weight is 211 g/mol. The summed E-state index contributed by atoms with van der Waals surface area (Å²) in [5.74, 6) is 0.338. The molecule has 1 heterocycles. The number of hydrogen-bond donors (Lipinski definition) is 1. The van der Waals surface area contributed by atoms with Crippen LogP contribution in [0.1, 0.15) is 20.8 Å². The van der Waals surface area contributed by atoms with Crippen molar-refractivity contribution >= 4 is 5.82 Å². The second-order valence-electron chi connectivity index (χ2n) is 4.28. The van der Waals surface area contributed by atoms with Crippen molar-refractivity contribution in [2.24, 2.45) is 0 Å². The van der Waals surface area contributed by atoms with Gasteiger partial charge in [0.1, 0.15) is 5.82 Å². The minimum atomic E-state index is -0.204. The van der Waals surface area contributed by atoms with Crippen LogP contribution in [0.2, 0.25) is 0 Å². The van der Waals surface area contributed by atoms with Crippen LogP contribution < -0.4 is 11.3 Å². The lowest BCUT2D eigenvalue weighted by Gasteiger charge is -2.19. The van der Waals surface area contributed by atoms with Crippen LogP contribution in [0.25, 0.3) is 0 Å². The van der Waals surface area contributed by atoms with E-state index in [2.05, 4.69) is 5.10 Å². The maximum atomic E-state index is 11.3. The van der Waals surface area contributed by atoms with E-state index in [-0.39, 0.29) is 11.2 Å². The zero-order chi connectivity index (χ0) is 11.5. The molecule has 1 aromatic heterocycles. The third kappa shape index (κ3) is 4.12. The first-order chi connectivity index (χ1) is 6.88. The largest absolute Gasteiger partial charge is 0.382 e. The molecule has 2 N–H and O–H groups in total. The third-order valence-electron chi connectivity index (χ3n) is 1.73. The van der Waals surface area contributed by atoms with Gasteiger partial charge in [0.15, 0.2) is 0 Å². The Kier molecular flexibility index (Phi) is 3.47. The smallest absolute Gasteiger partial charge is 0.266 e. The molecule has 0 aromatic carbocycles. The van der Waals surface area contributed by atoms with Crippen molar-refractivity contribution < 1.29 is 4.74 Å². The summed E-state index contributed by atoms with van der Waals surface area (Å²) in [6.07, 6.45) is 0. The second kappa shape index (κ2) is 4.44. The summed E-state index contributed by atoms with van der Waals surface area (Å²) in [6, 6.07) is 2.89. The Balaban J connectivity index is 2.58. The fourth-order valence-electron chi connectivity index (χ4n) is 1.06. The molecule has 0 fully saturated rings. The molecule has 0 aliphatic rings. The predicted octanol–water partition coefficient (Wildman–Crippen LogP) is 0.641. The molecule has 1 rings (SSSR count). The number of ether oxygens (including phenoxy) is 1. The summed E-state index contributed by atoms with van der Waals surface area (Å²) in [5, 5.41) is 3.89. The molecule has 5 nitrogen and oxygen atoms in total. The van der Waals surface area contributed by atoms with Crippen molar-refractivity contribution in [2.45, 2.75) is 32.9 Å². The van der Waals surface area contributed by atoms with Gasteiger partial charge in [-0.05, 0) is 26.8 Å². The van der Waals surface area contributed by atoms with E-state index in [9.17, 15) is 4.79 Å². The van der Waals surface area contributed by atoms with E-state index in [1.165, 1.54) is 16.8 Å². The van der Waals surface area contributed by atoms with Gasteiger partial charge in [0.05, 0.1) is 18.8 Å². The van der Waals surface area contributed by atoms with Crippen LogP contribution in [0.15, 0.2) is 16.9 Å². The summed E-state index contributed by atoms with van der Waals surface area (Å²) in [5.41, 5.74) is 5.10. The van der Waals surface area contributed by atoms with Gasteiger partial charge in [-0.15, -0.1) is 0 Å². The van der Waals surface area contributed by atoms with E-state index < -0.39 is 0 Å². The summed E-state index contributed by atoms with van der Waals surface area (Å²) in [7, 11) is 0. The molecule has 0 radical (unpaired) electrons. The van der Waals surface area contributed by atoms with Crippen molar-refractivity contribution in [1.82, 2.24) is 9.78 Å². The predicted molar refractivity (Wildman–Crippen MR) is 58.6 cm³/mol. The van der Waals surface area contributed by atoms with Crippen molar-refractivity contribution in [3.05, 3.63) is 22.5 Å². The first kappa shape index (κ1) is 11.7. The fraction of sp³-hybridized carbons (Fsp3) is 0.600. The molecular weight excluding hydrogens is 194 g/mol. The number of anilines is 1. The summed E-state index contributed by atoms with van der Waals surface area (Å²) in [6.45, 7) is 6.74. The molecule has 0 spiro atoms. The molecule has 0 aliphatic carbocycles. The highest BCUT2D eigenvalue weighted by Gasteiger charge is 2.09. The Morgan fingerprint density at radius 3 is 2.73 bits per heavy atom. The van der Waals surface area contributed by atoms with Crippen LogP contribution in [-0.2, 0) is 11.3 Å². The highest BCUT2D eigenvalue weighted by molar-refractivity contribution is 5.23. The zero-order valence-electron chi connectivity index (χ0n) is 9.36. The Bertz CT molecular complexity index is 379. The second-order valence-corrected chi connectivity index (χ2v) is 4.28. The van der Waals surface area contributed by atoms with Gasteiger partial charge in [0.2, 0.25) is 0 Å². The Morgan fingerprint density at radius 1 is 1.47 bits per heavy atom. The summed E-state index contributed by atoms with van der Waals surface area (Å²) in [4.78, 5) is 11.3. The van der Waals surface area contributed by atoms with Crippen molar-refractivity contribution in [1.29, 1.82) is 0 Å². The molecule has 1 aromatic rings. The number of nitrogens with two attached hydrogens (primary N) is 1. The summed E-state index contributed by atoms with van der Waals surface area (Å²) >= 11 is 0. The fourth-order valence-corrected chi connectivity index (χ4v) is 1.06. The number of hydrogen-bond acceptors (Lipinski definition) is 4. The molecule has 0 saturated heterocycles. The van der Waals surface area contributed by atoms with Crippen molar-refractivity contribution in [2.75, 3.05) is 12.3 Å². The van der Waals surface area contributed by atoms with E-state index in [1.807, 2.05) is 20.8 Å². The van der Waals surface area contributed by atoms with Gasteiger partial charge in [-0.25, -0.2) is 4.68 Å². The van der Waals surface area contributed by atoms with E-state index in [0.29, 0.717) is 19.0 Å². The standard InChI is InChI=1S/C10H17N3O2/c1-10(2,3)15-7-6-13-9(14)5-4-8(11)12-13/h4-5H,6-7H2,1-3H3,(H2,11,12). The maximum Gasteiger partial charge on any atom is 0.266 e. The van der Waals surface area contributed by atoms with Crippen LogP contribution in [0.5, 0.6) is 0 Å². The molecule has 15 heavy (non-hydrogen) atoms. The first-order valence-electron chi connectivity index (χ1n) is 4.86. The third-order valence-corrected chi connectivity index (χ3v) is 1.73. The number of nitrogens with zero attached hydrogens (tertiary/aromatic N) is 2. The maximum absolute atomic E-state index is 11.3. The lowest BCUT2D eigenvalue weighted by Crippen LogP contribution is -2.28. The average Bonchev–Trinajstić information content (AvgIpc) is 2.09. The highest BCUT2D eigenvalue weighted by Crippen LogP contribution is 2.05. The minimum absolute atomic E-state index is 0.165. The summed E-state index contributed by atoms with van der Waals surface area (Å²) < 4.78 is 6.79. The Morgan fingerprint density at radius 2 is 2.13 bits per heavy atom. The van der Waals surface area contributed by atoms with E-state index >= 15 is 0 Å². The van der Waals surface area contributed by atoms with E-state index in [4.69, 9.17) is 10.5 Å². The molecule has 0 atom stereocenters. The molecule has 0 saturated carbocycles. The van der Waals surface area contributed by atoms with Crippen LogP contribution in [0.4, 0.5) is 5.82 Å². The first-order valence-corrected chi connectivity index (χ1v) is 4.86. The Hall–Kier alpha value is -1.36. The van der Waals surface area contributed by atoms with Gasteiger partial charge < -0.3 is 10.5 Å². The molecule has 0 amide bonds.